The summed E-state index contributed by atoms with van der Waals surface area (Å²) in [7, 11) is -3.27. The summed E-state index contributed by atoms with van der Waals surface area (Å²) in [5, 5.41) is 11.8. The number of rotatable bonds is 6. The molecule has 0 saturated carbocycles. The molecule has 0 spiro atoms. The van der Waals surface area contributed by atoms with E-state index in [4.69, 9.17) is 5.26 Å². The first-order chi connectivity index (χ1) is 11.5. The molecule has 0 bridgehead atoms. The summed E-state index contributed by atoms with van der Waals surface area (Å²) in [5.41, 5.74) is 1.20. The van der Waals surface area contributed by atoms with Gasteiger partial charge in [-0.3, -0.25) is 4.79 Å². The molecule has 0 unspecified atom stereocenters. The van der Waals surface area contributed by atoms with Crippen LogP contribution in [-0.2, 0) is 9.84 Å². The van der Waals surface area contributed by atoms with Crippen molar-refractivity contribution in [3.63, 3.8) is 0 Å². The molecule has 1 amide bonds. The summed E-state index contributed by atoms with van der Waals surface area (Å²) < 4.78 is 23.7. The van der Waals surface area contributed by atoms with Crippen molar-refractivity contribution in [2.75, 3.05) is 5.75 Å². The third-order valence-electron chi connectivity index (χ3n) is 3.66. The molecule has 0 fully saturated rings. The molecule has 0 aliphatic carbocycles. The predicted octanol–water partition coefficient (Wildman–Crippen LogP) is 2.86. The predicted molar refractivity (Wildman–Crippen MR) is 91.0 cm³/mol. The Balaban J connectivity index is 2.22. The number of benzene rings is 2. The fourth-order valence-electron chi connectivity index (χ4n) is 2.25. The molecular weight excluding hydrogens is 324 g/mol. The van der Waals surface area contributed by atoms with Gasteiger partial charge in [-0.05, 0) is 29.8 Å². The summed E-state index contributed by atoms with van der Waals surface area (Å²) >= 11 is 0. The number of hydrogen-bond acceptors (Lipinski definition) is 4. The summed E-state index contributed by atoms with van der Waals surface area (Å²) in [5.74, 6) is -0.250. The summed E-state index contributed by atoms with van der Waals surface area (Å²) in [4.78, 5) is 12.5. The van der Waals surface area contributed by atoms with Crippen molar-refractivity contribution in [2.24, 2.45) is 0 Å². The van der Waals surface area contributed by atoms with E-state index in [9.17, 15) is 13.2 Å². The van der Waals surface area contributed by atoms with Crippen molar-refractivity contribution in [2.45, 2.75) is 24.3 Å². The molecule has 0 aliphatic heterocycles. The normalized spacial score (nSPS) is 12.2. The maximum atomic E-state index is 12.3. The van der Waals surface area contributed by atoms with E-state index < -0.39 is 15.9 Å². The molecule has 0 aliphatic rings. The Morgan fingerprint density at radius 2 is 1.75 bits per heavy atom. The van der Waals surface area contributed by atoms with Crippen LogP contribution in [0.3, 0.4) is 0 Å². The molecule has 0 saturated heterocycles. The maximum Gasteiger partial charge on any atom is 0.251 e. The molecule has 5 nitrogen and oxygen atoms in total. The Morgan fingerprint density at radius 3 is 2.29 bits per heavy atom. The highest BCUT2D eigenvalue weighted by molar-refractivity contribution is 7.91. The van der Waals surface area contributed by atoms with E-state index in [1.807, 2.05) is 12.1 Å². The topological polar surface area (TPSA) is 87.0 Å². The lowest BCUT2D eigenvalue weighted by Gasteiger charge is -2.17. The van der Waals surface area contributed by atoms with Crippen LogP contribution in [0.5, 0.6) is 0 Å². The number of carbonyl (C=O) groups is 1. The highest BCUT2D eigenvalue weighted by Crippen LogP contribution is 2.20. The number of hydrogen-bond donors (Lipinski definition) is 1. The van der Waals surface area contributed by atoms with Crippen molar-refractivity contribution in [1.29, 1.82) is 5.26 Å². The molecule has 6 heteroatoms. The first-order valence-corrected chi connectivity index (χ1v) is 9.18. The molecule has 0 radical (unpaired) electrons. The van der Waals surface area contributed by atoms with Gasteiger partial charge in [-0.15, -0.1) is 0 Å². The first-order valence-electron chi connectivity index (χ1n) is 7.53. The van der Waals surface area contributed by atoms with Crippen LogP contribution in [0.25, 0.3) is 0 Å². The zero-order valence-electron chi connectivity index (χ0n) is 13.3. The second-order valence-corrected chi connectivity index (χ2v) is 7.51. The van der Waals surface area contributed by atoms with E-state index in [-0.39, 0.29) is 23.0 Å². The largest absolute Gasteiger partial charge is 0.344 e. The van der Waals surface area contributed by atoms with Crippen LogP contribution >= 0.6 is 0 Å². The van der Waals surface area contributed by atoms with Gasteiger partial charge < -0.3 is 5.32 Å². The van der Waals surface area contributed by atoms with E-state index in [2.05, 4.69) is 5.32 Å². The van der Waals surface area contributed by atoms with E-state index in [1.54, 1.807) is 43.3 Å². The van der Waals surface area contributed by atoms with Gasteiger partial charge in [0.2, 0.25) is 0 Å². The lowest BCUT2D eigenvalue weighted by Crippen LogP contribution is -2.28. The van der Waals surface area contributed by atoms with Crippen LogP contribution < -0.4 is 5.32 Å². The molecular formula is C18H18N2O3S. The minimum Gasteiger partial charge on any atom is -0.344 e. The van der Waals surface area contributed by atoms with Crippen molar-refractivity contribution in [3.05, 3.63) is 65.7 Å². The standard InChI is InChI=1S/C18H18N2O3S/c1-2-24(22,23)16-10-8-14(9-11-16)17(12-13-19)20-18(21)15-6-4-3-5-7-15/h3-11,17H,2,12H2,1H3,(H,20,21)/t17-/m0/s1. The third kappa shape index (κ3) is 4.21. The van der Waals surface area contributed by atoms with Gasteiger partial charge in [0.05, 0.1) is 29.2 Å². The third-order valence-corrected chi connectivity index (χ3v) is 5.41. The van der Waals surface area contributed by atoms with Crippen molar-refractivity contribution in [3.8, 4) is 6.07 Å². The average molecular weight is 342 g/mol. The minimum atomic E-state index is -3.27. The Kier molecular flexibility index (Phi) is 5.72. The number of amides is 1. The zero-order chi connectivity index (χ0) is 17.6. The molecule has 2 rings (SSSR count). The van der Waals surface area contributed by atoms with Crippen molar-refractivity contribution < 1.29 is 13.2 Å². The van der Waals surface area contributed by atoms with Crippen LogP contribution in [0.15, 0.2) is 59.5 Å². The molecule has 124 valence electrons. The molecule has 1 N–H and O–H groups in total. The van der Waals surface area contributed by atoms with Gasteiger partial charge in [0.15, 0.2) is 9.84 Å². The van der Waals surface area contributed by atoms with Crippen molar-refractivity contribution in [1.82, 2.24) is 5.32 Å². The quantitative estimate of drug-likeness (QED) is 0.874. The Hall–Kier alpha value is -2.65. The second-order valence-electron chi connectivity index (χ2n) is 5.23. The molecule has 2 aromatic rings. The highest BCUT2D eigenvalue weighted by atomic mass is 32.2. The van der Waals surface area contributed by atoms with E-state index in [0.29, 0.717) is 11.1 Å². The first kappa shape index (κ1) is 17.7. The Morgan fingerprint density at radius 1 is 1.12 bits per heavy atom. The number of sulfone groups is 1. The van der Waals surface area contributed by atoms with Gasteiger partial charge in [-0.2, -0.15) is 5.26 Å². The number of nitrogens with zero attached hydrogens (tertiary/aromatic N) is 1. The van der Waals surface area contributed by atoms with Gasteiger partial charge in [-0.25, -0.2) is 8.42 Å². The fourth-order valence-corrected chi connectivity index (χ4v) is 3.13. The summed E-state index contributed by atoms with van der Waals surface area (Å²) in [6.07, 6.45) is 0.0957. The van der Waals surface area contributed by atoms with Crippen molar-refractivity contribution >= 4 is 15.7 Å². The van der Waals surface area contributed by atoms with Crippen LogP contribution in [0, 0.1) is 11.3 Å². The number of carbonyl (C=O) groups excluding carboxylic acids is 1. The van der Waals surface area contributed by atoms with Crippen LogP contribution in [0.1, 0.15) is 35.3 Å². The van der Waals surface area contributed by atoms with Crippen LogP contribution in [-0.4, -0.2) is 20.1 Å². The molecule has 24 heavy (non-hydrogen) atoms. The van der Waals surface area contributed by atoms with Gasteiger partial charge in [0, 0.05) is 5.56 Å². The van der Waals surface area contributed by atoms with E-state index in [1.165, 1.54) is 12.1 Å². The number of nitriles is 1. The lowest BCUT2D eigenvalue weighted by molar-refractivity contribution is 0.0937. The molecule has 2 aromatic carbocycles. The molecule has 1 atom stereocenters. The highest BCUT2D eigenvalue weighted by Gasteiger charge is 2.17. The van der Waals surface area contributed by atoms with Gasteiger partial charge in [0.25, 0.3) is 5.91 Å². The zero-order valence-corrected chi connectivity index (χ0v) is 14.1. The monoisotopic (exact) mass is 342 g/mol. The van der Waals surface area contributed by atoms with Gasteiger partial charge in [-0.1, -0.05) is 37.3 Å². The lowest BCUT2D eigenvalue weighted by atomic mass is 10.0. The van der Waals surface area contributed by atoms with Crippen LogP contribution in [0.4, 0.5) is 0 Å². The Labute approximate surface area is 141 Å². The second kappa shape index (κ2) is 7.75. The van der Waals surface area contributed by atoms with Gasteiger partial charge >= 0.3 is 0 Å². The SMILES string of the molecule is CCS(=O)(=O)c1ccc([C@H](CC#N)NC(=O)c2ccccc2)cc1. The fraction of sp³-hybridized carbons (Fsp3) is 0.222. The molecule has 0 aromatic heterocycles. The van der Waals surface area contributed by atoms with Gasteiger partial charge in [0.1, 0.15) is 0 Å². The minimum absolute atomic E-state index is 0.0265. The Bertz CT molecular complexity index is 838. The summed E-state index contributed by atoms with van der Waals surface area (Å²) in [6, 6.07) is 16.6. The smallest absolute Gasteiger partial charge is 0.251 e. The number of nitrogens with one attached hydrogen (secondary N) is 1. The molecule has 0 heterocycles. The van der Waals surface area contributed by atoms with E-state index >= 15 is 0 Å². The summed E-state index contributed by atoms with van der Waals surface area (Å²) in [6.45, 7) is 1.59. The average Bonchev–Trinajstić information content (AvgIpc) is 2.62. The van der Waals surface area contributed by atoms with Crippen LogP contribution in [0.2, 0.25) is 0 Å². The maximum absolute atomic E-state index is 12.3. The van der Waals surface area contributed by atoms with E-state index in [0.717, 1.165) is 0 Å².